The molecule has 0 aliphatic heterocycles. The molecule has 0 amide bonds. The molecule has 0 aliphatic carbocycles. The predicted octanol–water partition coefficient (Wildman–Crippen LogP) is 3.45. The fourth-order valence-electron chi connectivity index (χ4n) is 2.16. The average molecular weight is 255 g/mol. The van der Waals surface area contributed by atoms with E-state index in [9.17, 15) is 0 Å². The third-order valence-corrected chi connectivity index (χ3v) is 3.63. The smallest absolute Gasteiger partial charge is 0.204 e. The minimum Gasteiger partial charge on any atom is -0.254 e. The molecule has 0 atom stereocenters. The summed E-state index contributed by atoms with van der Waals surface area (Å²) < 4.78 is 2.21. The van der Waals surface area contributed by atoms with Gasteiger partial charge >= 0.3 is 0 Å². The molecule has 2 aromatic rings. The van der Waals surface area contributed by atoms with Crippen LogP contribution in [0.2, 0.25) is 0 Å². The molecule has 2 aromatic heterocycles. The van der Waals surface area contributed by atoms with Crippen LogP contribution in [0.3, 0.4) is 0 Å². The summed E-state index contributed by atoms with van der Waals surface area (Å²) in [5.74, 6) is 0. The summed E-state index contributed by atoms with van der Waals surface area (Å²) in [6.45, 7) is 11.1. The van der Waals surface area contributed by atoms with Gasteiger partial charge in [-0.25, -0.2) is 0 Å². The lowest BCUT2D eigenvalue weighted by Crippen LogP contribution is -2.53. The van der Waals surface area contributed by atoms with Crippen LogP contribution in [-0.4, -0.2) is 4.98 Å². The van der Waals surface area contributed by atoms with Gasteiger partial charge in [0.2, 0.25) is 5.54 Å². The normalized spacial score (nSPS) is 12.5. The van der Waals surface area contributed by atoms with Crippen molar-refractivity contribution in [2.24, 2.45) is 0 Å². The van der Waals surface area contributed by atoms with Crippen molar-refractivity contribution in [1.82, 2.24) is 4.98 Å². The van der Waals surface area contributed by atoms with Gasteiger partial charge in [0.15, 0.2) is 12.4 Å². The van der Waals surface area contributed by atoms with Gasteiger partial charge in [-0.3, -0.25) is 4.98 Å². The molecule has 0 radical (unpaired) electrons. The van der Waals surface area contributed by atoms with Crippen molar-refractivity contribution in [2.75, 3.05) is 0 Å². The lowest BCUT2D eigenvalue weighted by Gasteiger charge is -2.21. The third-order valence-electron chi connectivity index (χ3n) is 3.63. The Bertz CT molecular complexity index is 534. The molecule has 2 heterocycles. The highest BCUT2D eigenvalue weighted by molar-refractivity contribution is 5.18. The Kier molecular flexibility index (Phi) is 3.44. The number of nitrogens with zero attached hydrogens (tertiary/aromatic N) is 2. The zero-order valence-electron chi connectivity index (χ0n) is 12.5. The van der Waals surface area contributed by atoms with Gasteiger partial charge in [0, 0.05) is 32.2 Å². The van der Waals surface area contributed by atoms with Crippen molar-refractivity contribution in [3.63, 3.8) is 0 Å². The highest BCUT2D eigenvalue weighted by atomic mass is 15.0. The van der Waals surface area contributed by atoms with Gasteiger partial charge in [0.05, 0.1) is 0 Å². The van der Waals surface area contributed by atoms with Crippen LogP contribution in [0.15, 0.2) is 48.9 Å². The molecule has 0 saturated heterocycles. The van der Waals surface area contributed by atoms with Gasteiger partial charge < -0.3 is 0 Å². The Hall–Kier alpha value is -1.70. The van der Waals surface area contributed by atoms with E-state index < -0.39 is 0 Å². The quantitative estimate of drug-likeness (QED) is 0.751. The second kappa shape index (κ2) is 4.76. The highest BCUT2D eigenvalue weighted by Gasteiger charge is 2.32. The number of pyridine rings is 2. The van der Waals surface area contributed by atoms with E-state index in [-0.39, 0.29) is 11.0 Å². The fourth-order valence-corrected chi connectivity index (χ4v) is 2.16. The van der Waals surface area contributed by atoms with Gasteiger partial charge in [-0.05, 0) is 23.1 Å². The van der Waals surface area contributed by atoms with Crippen LogP contribution in [0.25, 0.3) is 0 Å². The molecule has 0 N–H and O–H groups in total. The molecule has 0 spiro atoms. The Balaban J connectivity index is 2.37. The summed E-state index contributed by atoms with van der Waals surface area (Å²) in [5.41, 5.74) is 2.47. The average Bonchev–Trinajstić information content (AvgIpc) is 2.39. The van der Waals surface area contributed by atoms with Gasteiger partial charge in [0.1, 0.15) is 5.69 Å². The van der Waals surface area contributed by atoms with E-state index in [0.29, 0.717) is 0 Å². The summed E-state index contributed by atoms with van der Waals surface area (Å²) in [4.78, 5) is 4.48. The molecule has 2 nitrogen and oxygen atoms in total. The van der Waals surface area contributed by atoms with E-state index >= 15 is 0 Å². The van der Waals surface area contributed by atoms with Gasteiger partial charge in [0.25, 0.3) is 0 Å². The lowest BCUT2D eigenvalue weighted by atomic mass is 9.87. The van der Waals surface area contributed by atoms with Crippen LogP contribution in [-0.2, 0) is 11.0 Å². The van der Waals surface area contributed by atoms with Crippen molar-refractivity contribution in [3.8, 4) is 0 Å². The zero-order valence-corrected chi connectivity index (χ0v) is 12.5. The number of hydrogen-bond acceptors (Lipinski definition) is 1. The summed E-state index contributed by atoms with van der Waals surface area (Å²) in [6.07, 6.45) is 6.14. The van der Waals surface area contributed by atoms with Gasteiger partial charge in [-0.2, -0.15) is 4.57 Å². The van der Waals surface area contributed by atoms with Crippen molar-refractivity contribution in [1.29, 1.82) is 0 Å². The Morgan fingerprint density at radius 3 is 2.00 bits per heavy atom. The molecule has 2 heteroatoms. The molecule has 0 aromatic carbocycles. The Morgan fingerprint density at radius 2 is 1.53 bits per heavy atom. The van der Waals surface area contributed by atoms with Gasteiger partial charge in [-0.1, -0.05) is 26.8 Å². The Labute approximate surface area is 116 Å². The first-order valence-electron chi connectivity index (χ1n) is 6.75. The molecule has 0 unspecified atom stereocenters. The summed E-state index contributed by atoms with van der Waals surface area (Å²) >= 11 is 0. The molecule has 0 fully saturated rings. The minimum absolute atomic E-state index is 0.141. The van der Waals surface area contributed by atoms with E-state index in [2.05, 4.69) is 74.8 Å². The summed E-state index contributed by atoms with van der Waals surface area (Å²) in [6, 6.07) is 10.5. The molecule has 19 heavy (non-hydrogen) atoms. The molecule has 0 saturated carbocycles. The first-order valence-corrected chi connectivity index (χ1v) is 6.75. The number of rotatable bonds is 2. The SMILES string of the molecule is CC(C)(C)c1cc[n+](C(C)(C)c2ccccn2)cc1. The molecule has 0 bridgehead atoms. The third kappa shape index (κ3) is 2.83. The number of aromatic nitrogens is 2. The van der Waals surface area contributed by atoms with Crippen molar-refractivity contribution in [2.45, 2.75) is 45.6 Å². The van der Waals surface area contributed by atoms with Crippen LogP contribution >= 0.6 is 0 Å². The maximum Gasteiger partial charge on any atom is 0.204 e. The highest BCUT2D eigenvalue weighted by Crippen LogP contribution is 2.22. The van der Waals surface area contributed by atoms with Crippen molar-refractivity contribution >= 4 is 0 Å². The second-order valence-electron chi connectivity index (χ2n) is 6.52. The monoisotopic (exact) mass is 255 g/mol. The van der Waals surface area contributed by atoms with Crippen LogP contribution in [0.4, 0.5) is 0 Å². The predicted molar refractivity (Wildman–Crippen MR) is 78.0 cm³/mol. The van der Waals surface area contributed by atoms with Crippen LogP contribution in [0.5, 0.6) is 0 Å². The molecule has 100 valence electrons. The second-order valence-corrected chi connectivity index (χ2v) is 6.52. The first-order chi connectivity index (χ1) is 8.82. The van der Waals surface area contributed by atoms with E-state index in [4.69, 9.17) is 0 Å². The summed E-state index contributed by atoms with van der Waals surface area (Å²) in [7, 11) is 0. The first kappa shape index (κ1) is 13.7. The topological polar surface area (TPSA) is 16.8 Å². The van der Waals surface area contributed by atoms with Crippen LogP contribution in [0.1, 0.15) is 45.9 Å². The van der Waals surface area contributed by atoms with E-state index in [0.717, 1.165) is 5.69 Å². The van der Waals surface area contributed by atoms with Gasteiger partial charge in [-0.15, -0.1) is 0 Å². The Morgan fingerprint density at radius 1 is 0.895 bits per heavy atom. The maximum atomic E-state index is 4.48. The lowest BCUT2D eigenvalue weighted by molar-refractivity contribution is -0.748. The number of hydrogen-bond donors (Lipinski definition) is 0. The van der Waals surface area contributed by atoms with Crippen molar-refractivity contribution in [3.05, 3.63) is 60.2 Å². The maximum absolute atomic E-state index is 4.48. The van der Waals surface area contributed by atoms with E-state index in [1.54, 1.807) is 0 Å². The standard InChI is InChI=1S/C17H23N2/c1-16(2,3)14-9-12-19(13-10-14)17(4,5)15-8-6-7-11-18-15/h6-13H,1-5H3/q+1. The summed E-state index contributed by atoms with van der Waals surface area (Å²) in [5, 5.41) is 0. The molecule has 0 aliphatic rings. The van der Waals surface area contributed by atoms with Crippen LogP contribution < -0.4 is 4.57 Å². The minimum atomic E-state index is -0.141. The molecular weight excluding hydrogens is 232 g/mol. The van der Waals surface area contributed by atoms with Crippen LogP contribution in [0, 0.1) is 0 Å². The molecular formula is C17H23N2+. The van der Waals surface area contributed by atoms with E-state index in [1.165, 1.54) is 5.56 Å². The molecule has 2 rings (SSSR count). The fraction of sp³-hybridized carbons (Fsp3) is 0.412. The zero-order chi connectivity index (χ0) is 14.1. The van der Waals surface area contributed by atoms with Crippen molar-refractivity contribution < 1.29 is 4.57 Å². The largest absolute Gasteiger partial charge is 0.254 e. The van der Waals surface area contributed by atoms with E-state index in [1.807, 2.05) is 18.3 Å².